The fourth-order valence-electron chi connectivity index (χ4n) is 1.38. The summed E-state index contributed by atoms with van der Waals surface area (Å²) in [4.78, 5) is 22.3. The zero-order valence-electron chi connectivity index (χ0n) is 8.74. The van der Waals surface area contributed by atoms with E-state index < -0.39 is 11.9 Å². The molecule has 0 saturated heterocycles. The van der Waals surface area contributed by atoms with Crippen LogP contribution in [-0.4, -0.2) is 24.0 Å². The summed E-state index contributed by atoms with van der Waals surface area (Å²) in [5.41, 5.74) is 0.459. The highest BCUT2D eigenvalue weighted by atomic mass is 35.5. The van der Waals surface area contributed by atoms with Crippen molar-refractivity contribution >= 4 is 23.5 Å². The number of carbonyl (C=O) groups is 2. The Morgan fingerprint density at radius 1 is 1.44 bits per heavy atom. The minimum atomic E-state index is -1.06. The number of aliphatic carboxylic acids is 1. The van der Waals surface area contributed by atoms with Crippen LogP contribution in [0.25, 0.3) is 0 Å². The molecule has 0 spiro atoms. The highest BCUT2D eigenvalue weighted by Gasteiger charge is 2.24. The van der Waals surface area contributed by atoms with Crippen LogP contribution in [0.4, 0.5) is 0 Å². The number of halogens is 1. The minimum Gasteiger partial charge on any atom is -0.481 e. The van der Waals surface area contributed by atoms with Crippen molar-refractivity contribution in [3.05, 3.63) is 34.9 Å². The van der Waals surface area contributed by atoms with Crippen molar-refractivity contribution in [3.8, 4) is 0 Å². The Kier molecular flexibility index (Phi) is 4.31. The standard InChI is InChI=1S/C11H12ClNO3/c1-13-10(14)6-8(11(15)16)7-4-2-3-5-9(7)12/h2-5,8H,6H2,1H3,(H,13,14)(H,15,16)/t8-/m1/s1. The lowest BCUT2D eigenvalue weighted by molar-refractivity contribution is -0.140. The zero-order valence-corrected chi connectivity index (χ0v) is 9.49. The third-order valence-electron chi connectivity index (χ3n) is 2.25. The lowest BCUT2D eigenvalue weighted by atomic mass is 9.95. The normalized spacial score (nSPS) is 11.9. The highest BCUT2D eigenvalue weighted by Crippen LogP contribution is 2.27. The molecule has 0 saturated carbocycles. The van der Waals surface area contributed by atoms with Gasteiger partial charge in [-0.15, -0.1) is 0 Å². The lowest BCUT2D eigenvalue weighted by Crippen LogP contribution is -2.24. The van der Waals surface area contributed by atoms with Crippen molar-refractivity contribution in [2.75, 3.05) is 7.05 Å². The Labute approximate surface area is 98.2 Å². The van der Waals surface area contributed by atoms with E-state index in [1.165, 1.54) is 7.05 Å². The van der Waals surface area contributed by atoms with Gasteiger partial charge in [0.05, 0.1) is 5.92 Å². The van der Waals surface area contributed by atoms with Crippen molar-refractivity contribution in [1.82, 2.24) is 5.32 Å². The van der Waals surface area contributed by atoms with Gasteiger partial charge in [-0.25, -0.2) is 0 Å². The third kappa shape index (κ3) is 2.97. The fraction of sp³-hybridized carbons (Fsp3) is 0.273. The molecule has 1 amide bonds. The van der Waals surface area contributed by atoms with Gasteiger partial charge in [0.1, 0.15) is 0 Å². The van der Waals surface area contributed by atoms with E-state index in [9.17, 15) is 9.59 Å². The van der Waals surface area contributed by atoms with Gasteiger partial charge in [0, 0.05) is 18.5 Å². The first-order valence-corrected chi connectivity index (χ1v) is 5.12. The first kappa shape index (κ1) is 12.5. The maximum atomic E-state index is 11.2. The van der Waals surface area contributed by atoms with Gasteiger partial charge in [-0.2, -0.15) is 0 Å². The summed E-state index contributed by atoms with van der Waals surface area (Å²) in [7, 11) is 1.47. The van der Waals surface area contributed by atoms with Gasteiger partial charge < -0.3 is 10.4 Å². The van der Waals surface area contributed by atoms with Gasteiger partial charge in [0.15, 0.2) is 0 Å². The zero-order chi connectivity index (χ0) is 12.1. The van der Waals surface area contributed by atoms with E-state index in [0.29, 0.717) is 10.6 Å². The second-order valence-corrected chi connectivity index (χ2v) is 3.70. The van der Waals surface area contributed by atoms with E-state index in [0.717, 1.165) is 0 Å². The van der Waals surface area contributed by atoms with E-state index in [1.54, 1.807) is 24.3 Å². The van der Waals surface area contributed by atoms with E-state index in [4.69, 9.17) is 16.7 Å². The maximum Gasteiger partial charge on any atom is 0.311 e. The molecular weight excluding hydrogens is 230 g/mol. The molecule has 5 heteroatoms. The van der Waals surface area contributed by atoms with E-state index >= 15 is 0 Å². The molecule has 0 aliphatic rings. The monoisotopic (exact) mass is 241 g/mol. The van der Waals surface area contributed by atoms with Crippen molar-refractivity contribution in [3.63, 3.8) is 0 Å². The molecule has 0 unspecified atom stereocenters. The number of carbonyl (C=O) groups excluding carboxylic acids is 1. The average Bonchev–Trinajstić information content (AvgIpc) is 2.26. The molecular formula is C11H12ClNO3. The van der Waals surface area contributed by atoms with Gasteiger partial charge in [-0.3, -0.25) is 9.59 Å². The van der Waals surface area contributed by atoms with Crippen LogP contribution < -0.4 is 5.32 Å². The Bertz CT molecular complexity index is 406. The molecule has 0 aliphatic carbocycles. The van der Waals surface area contributed by atoms with Crippen LogP contribution in [0.5, 0.6) is 0 Å². The Hall–Kier alpha value is -1.55. The summed E-state index contributed by atoms with van der Waals surface area (Å²) in [6, 6.07) is 6.63. The minimum absolute atomic E-state index is 0.116. The molecule has 2 N–H and O–H groups in total. The molecule has 1 aromatic carbocycles. The van der Waals surface area contributed by atoms with Gasteiger partial charge in [0.25, 0.3) is 0 Å². The Morgan fingerprint density at radius 3 is 2.56 bits per heavy atom. The van der Waals surface area contributed by atoms with Crippen molar-refractivity contribution in [1.29, 1.82) is 0 Å². The van der Waals surface area contributed by atoms with E-state index in [2.05, 4.69) is 5.32 Å². The van der Waals surface area contributed by atoms with Crippen molar-refractivity contribution in [2.45, 2.75) is 12.3 Å². The van der Waals surface area contributed by atoms with Crippen LogP contribution in [0.1, 0.15) is 17.9 Å². The Balaban J connectivity index is 2.99. The van der Waals surface area contributed by atoms with Gasteiger partial charge in [-0.05, 0) is 11.6 Å². The first-order valence-electron chi connectivity index (χ1n) is 4.74. The third-order valence-corrected chi connectivity index (χ3v) is 2.59. The summed E-state index contributed by atoms with van der Waals surface area (Å²) in [5, 5.41) is 11.8. The average molecular weight is 242 g/mol. The molecule has 0 aromatic heterocycles. The summed E-state index contributed by atoms with van der Waals surface area (Å²) in [6.45, 7) is 0. The molecule has 0 radical (unpaired) electrons. The lowest BCUT2D eigenvalue weighted by Gasteiger charge is -2.13. The van der Waals surface area contributed by atoms with E-state index in [-0.39, 0.29) is 12.3 Å². The number of benzene rings is 1. The molecule has 1 rings (SSSR count). The smallest absolute Gasteiger partial charge is 0.311 e. The summed E-state index contributed by atoms with van der Waals surface area (Å²) in [6.07, 6.45) is -0.116. The molecule has 1 atom stereocenters. The number of carboxylic acids is 1. The van der Waals surface area contributed by atoms with E-state index in [1.807, 2.05) is 0 Å². The number of hydrogen-bond donors (Lipinski definition) is 2. The molecule has 4 nitrogen and oxygen atoms in total. The van der Waals surface area contributed by atoms with Crippen LogP contribution in [0.2, 0.25) is 5.02 Å². The highest BCUT2D eigenvalue weighted by molar-refractivity contribution is 6.31. The predicted octanol–water partition coefficient (Wildman–Crippen LogP) is 1.64. The van der Waals surface area contributed by atoms with Crippen molar-refractivity contribution < 1.29 is 14.7 Å². The van der Waals surface area contributed by atoms with Crippen LogP contribution in [-0.2, 0) is 9.59 Å². The van der Waals surface area contributed by atoms with Gasteiger partial charge in [0.2, 0.25) is 5.91 Å². The number of hydrogen-bond acceptors (Lipinski definition) is 2. The number of nitrogens with one attached hydrogen (secondary N) is 1. The predicted molar refractivity (Wildman–Crippen MR) is 60.5 cm³/mol. The van der Waals surface area contributed by atoms with Gasteiger partial charge >= 0.3 is 5.97 Å². The molecule has 0 bridgehead atoms. The van der Waals surface area contributed by atoms with Crippen LogP contribution >= 0.6 is 11.6 Å². The summed E-state index contributed by atoms with van der Waals surface area (Å²) >= 11 is 5.89. The molecule has 1 aromatic rings. The quantitative estimate of drug-likeness (QED) is 0.842. The Morgan fingerprint density at radius 2 is 2.06 bits per heavy atom. The fourth-order valence-corrected chi connectivity index (χ4v) is 1.64. The number of amides is 1. The number of carboxylic acid groups (broad SMARTS) is 1. The van der Waals surface area contributed by atoms with Crippen LogP contribution in [0, 0.1) is 0 Å². The molecule has 0 heterocycles. The van der Waals surface area contributed by atoms with Gasteiger partial charge in [-0.1, -0.05) is 29.8 Å². The maximum absolute atomic E-state index is 11.2. The molecule has 86 valence electrons. The number of rotatable bonds is 4. The SMILES string of the molecule is CNC(=O)C[C@@H](C(=O)O)c1ccccc1Cl. The van der Waals surface area contributed by atoms with Crippen molar-refractivity contribution in [2.24, 2.45) is 0 Å². The second-order valence-electron chi connectivity index (χ2n) is 3.29. The molecule has 16 heavy (non-hydrogen) atoms. The van der Waals surface area contributed by atoms with Crippen LogP contribution in [0.15, 0.2) is 24.3 Å². The first-order chi connectivity index (χ1) is 7.56. The summed E-state index contributed by atoms with van der Waals surface area (Å²) in [5.74, 6) is -2.29. The summed E-state index contributed by atoms with van der Waals surface area (Å²) < 4.78 is 0. The second kappa shape index (κ2) is 5.51. The largest absolute Gasteiger partial charge is 0.481 e. The van der Waals surface area contributed by atoms with Crippen LogP contribution in [0.3, 0.4) is 0 Å². The molecule has 0 fully saturated rings. The topological polar surface area (TPSA) is 66.4 Å². The molecule has 0 aliphatic heterocycles.